The number of nitrogens with zero attached hydrogens (tertiary/aromatic N) is 1. The maximum absolute atomic E-state index is 10.8. The molecule has 1 aliphatic rings. The smallest absolute Gasteiger partial charge is 0.0700 e. The fourth-order valence-electron chi connectivity index (χ4n) is 2.89. The highest BCUT2D eigenvalue weighted by molar-refractivity contribution is 5.27. The van der Waals surface area contributed by atoms with E-state index < -0.39 is 5.60 Å². The van der Waals surface area contributed by atoms with Crippen LogP contribution in [-0.4, -0.2) is 35.2 Å². The Hall–Kier alpha value is -0.860. The summed E-state index contributed by atoms with van der Waals surface area (Å²) >= 11 is 0. The van der Waals surface area contributed by atoms with Crippen LogP contribution in [0.2, 0.25) is 0 Å². The zero-order valence-corrected chi connectivity index (χ0v) is 11.7. The van der Waals surface area contributed by atoms with Crippen molar-refractivity contribution in [1.29, 1.82) is 0 Å². The summed E-state index contributed by atoms with van der Waals surface area (Å²) in [5.74, 6) is 0. The molecule has 0 saturated carbocycles. The molecule has 1 N–H and O–H groups in total. The van der Waals surface area contributed by atoms with Crippen molar-refractivity contribution < 1.29 is 5.11 Å². The van der Waals surface area contributed by atoms with E-state index in [1.807, 2.05) is 0 Å². The second-order valence-electron chi connectivity index (χ2n) is 5.62. The standard InChI is InChI=1S/C16H25NO/c1-3-17-11-6-9-16(18,10-12-17)13-15-8-5-4-7-14(15)2/h4-5,7-8,18H,3,6,9-13H2,1-2H3. The third-order valence-electron chi connectivity index (χ3n) is 4.24. The van der Waals surface area contributed by atoms with E-state index in [9.17, 15) is 5.11 Å². The lowest BCUT2D eigenvalue weighted by atomic mass is 9.86. The topological polar surface area (TPSA) is 23.5 Å². The van der Waals surface area contributed by atoms with Gasteiger partial charge in [-0.3, -0.25) is 0 Å². The largest absolute Gasteiger partial charge is 0.389 e. The van der Waals surface area contributed by atoms with Gasteiger partial charge in [-0.15, -0.1) is 0 Å². The van der Waals surface area contributed by atoms with Gasteiger partial charge >= 0.3 is 0 Å². The van der Waals surface area contributed by atoms with Crippen LogP contribution in [0.5, 0.6) is 0 Å². The van der Waals surface area contributed by atoms with Crippen molar-refractivity contribution in [2.75, 3.05) is 19.6 Å². The molecule has 1 heterocycles. The molecule has 100 valence electrons. The monoisotopic (exact) mass is 247 g/mol. The second-order valence-corrected chi connectivity index (χ2v) is 5.62. The minimum atomic E-state index is -0.504. The van der Waals surface area contributed by atoms with E-state index in [1.165, 1.54) is 11.1 Å². The summed E-state index contributed by atoms with van der Waals surface area (Å²) in [6, 6.07) is 8.42. The highest BCUT2D eigenvalue weighted by Crippen LogP contribution is 2.27. The van der Waals surface area contributed by atoms with Gasteiger partial charge in [0.2, 0.25) is 0 Å². The predicted octanol–water partition coefficient (Wildman–Crippen LogP) is 2.77. The number of rotatable bonds is 3. The van der Waals surface area contributed by atoms with Crippen LogP contribution in [0.3, 0.4) is 0 Å². The molecule has 1 saturated heterocycles. The number of likely N-dealkylation sites (tertiary alicyclic amines) is 1. The Morgan fingerprint density at radius 2 is 2.00 bits per heavy atom. The van der Waals surface area contributed by atoms with Crippen LogP contribution < -0.4 is 0 Å². The molecular formula is C16H25NO. The van der Waals surface area contributed by atoms with E-state index in [1.54, 1.807) is 0 Å². The molecule has 2 heteroatoms. The Morgan fingerprint density at radius 3 is 2.72 bits per heavy atom. The molecule has 18 heavy (non-hydrogen) atoms. The van der Waals surface area contributed by atoms with Crippen LogP contribution in [0.4, 0.5) is 0 Å². The molecule has 1 aliphatic heterocycles. The van der Waals surface area contributed by atoms with E-state index in [0.717, 1.165) is 45.3 Å². The normalized spacial score (nSPS) is 25.9. The molecule has 0 amide bonds. The van der Waals surface area contributed by atoms with Gasteiger partial charge in [-0.25, -0.2) is 0 Å². The quantitative estimate of drug-likeness (QED) is 0.888. The Kier molecular flexibility index (Phi) is 4.41. The number of aliphatic hydroxyl groups is 1. The number of hydrogen-bond acceptors (Lipinski definition) is 2. The molecule has 0 radical (unpaired) electrons. The van der Waals surface area contributed by atoms with Crippen molar-refractivity contribution >= 4 is 0 Å². The van der Waals surface area contributed by atoms with E-state index in [0.29, 0.717) is 0 Å². The van der Waals surface area contributed by atoms with Gasteiger partial charge in [0, 0.05) is 13.0 Å². The molecule has 0 spiro atoms. The molecule has 1 atom stereocenters. The van der Waals surface area contributed by atoms with Crippen molar-refractivity contribution in [3.63, 3.8) is 0 Å². The van der Waals surface area contributed by atoms with Crippen LogP contribution in [0.15, 0.2) is 24.3 Å². The van der Waals surface area contributed by atoms with Crippen LogP contribution in [0.1, 0.15) is 37.3 Å². The fourth-order valence-corrected chi connectivity index (χ4v) is 2.89. The van der Waals surface area contributed by atoms with Gasteiger partial charge < -0.3 is 10.0 Å². The Morgan fingerprint density at radius 1 is 1.22 bits per heavy atom. The molecule has 1 fully saturated rings. The van der Waals surface area contributed by atoms with Crippen LogP contribution in [0.25, 0.3) is 0 Å². The third-order valence-corrected chi connectivity index (χ3v) is 4.24. The maximum atomic E-state index is 10.8. The van der Waals surface area contributed by atoms with Crippen LogP contribution >= 0.6 is 0 Å². The number of aryl methyl sites for hydroxylation is 1. The van der Waals surface area contributed by atoms with Crippen molar-refractivity contribution in [3.8, 4) is 0 Å². The van der Waals surface area contributed by atoms with Gasteiger partial charge in [-0.1, -0.05) is 31.2 Å². The second kappa shape index (κ2) is 5.85. The first-order valence-electron chi connectivity index (χ1n) is 7.12. The van der Waals surface area contributed by atoms with E-state index in [2.05, 4.69) is 43.0 Å². The minimum absolute atomic E-state index is 0.504. The average molecular weight is 247 g/mol. The van der Waals surface area contributed by atoms with Gasteiger partial charge in [0.15, 0.2) is 0 Å². The van der Waals surface area contributed by atoms with Gasteiger partial charge in [-0.2, -0.15) is 0 Å². The van der Waals surface area contributed by atoms with Gasteiger partial charge in [0.25, 0.3) is 0 Å². The lowest BCUT2D eigenvalue weighted by molar-refractivity contribution is 0.0257. The van der Waals surface area contributed by atoms with Crippen molar-refractivity contribution in [1.82, 2.24) is 4.90 Å². The van der Waals surface area contributed by atoms with Gasteiger partial charge in [0.1, 0.15) is 0 Å². The lowest BCUT2D eigenvalue weighted by Gasteiger charge is -2.27. The SMILES string of the molecule is CCN1CCCC(O)(Cc2ccccc2C)CC1. The summed E-state index contributed by atoms with van der Waals surface area (Å²) in [5, 5.41) is 10.8. The van der Waals surface area contributed by atoms with Crippen LogP contribution in [0, 0.1) is 6.92 Å². The average Bonchev–Trinajstić information content (AvgIpc) is 2.54. The van der Waals surface area contributed by atoms with Crippen molar-refractivity contribution in [2.24, 2.45) is 0 Å². The first-order chi connectivity index (χ1) is 8.63. The van der Waals surface area contributed by atoms with Crippen molar-refractivity contribution in [3.05, 3.63) is 35.4 Å². The first-order valence-corrected chi connectivity index (χ1v) is 7.12. The van der Waals surface area contributed by atoms with E-state index in [4.69, 9.17) is 0 Å². The van der Waals surface area contributed by atoms with Gasteiger partial charge in [0.05, 0.1) is 5.60 Å². The molecular weight excluding hydrogens is 222 g/mol. The Balaban J connectivity index is 2.05. The lowest BCUT2D eigenvalue weighted by Crippen LogP contribution is -2.33. The van der Waals surface area contributed by atoms with E-state index in [-0.39, 0.29) is 0 Å². The summed E-state index contributed by atoms with van der Waals surface area (Å²) in [4.78, 5) is 2.44. The summed E-state index contributed by atoms with van der Waals surface area (Å²) in [6.45, 7) is 7.59. The van der Waals surface area contributed by atoms with Crippen molar-refractivity contribution in [2.45, 2.75) is 45.1 Å². The highest BCUT2D eigenvalue weighted by Gasteiger charge is 2.30. The fraction of sp³-hybridized carbons (Fsp3) is 0.625. The van der Waals surface area contributed by atoms with Gasteiger partial charge in [-0.05, 0) is 50.4 Å². The first kappa shape index (κ1) is 13.6. The predicted molar refractivity (Wildman–Crippen MR) is 75.8 cm³/mol. The van der Waals surface area contributed by atoms with E-state index >= 15 is 0 Å². The molecule has 1 aromatic carbocycles. The number of benzene rings is 1. The van der Waals surface area contributed by atoms with Crippen LogP contribution in [-0.2, 0) is 6.42 Å². The zero-order valence-electron chi connectivity index (χ0n) is 11.7. The summed E-state index contributed by atoms with van der Waals surface area (Å²) in [5.41, 5.74) is 2.09. The molecule has 0 bridgehead atoms. The minimum Gasteiger partial charge on any atom is -0.389 e. The molecule has 0 aromatic heterocycles. The summed E-state index contributed by atoms with van der Waals surface area (Å²) in [7, 11) is 0. The number of hydrogen-bond donors (Lipinski definition) is 1. The summed E-state index contributed by atoms with van der Waals surface area (Å²) < 4.78 is 0. The maximum Gasteiger partial charge on any atom is 0.0700 e. The summed E-state index contributed by atoms with van der Waals surface area (Å²) in [6.07, 6.45) is 3.74. The molecule has 0 aliphatic carbocycles. The third kappa shape index (κ3) is 3.33. The molecule has 2 rings (SSSR count). The molecule has 2 nitrogen and oxygen atoms in total. The highest BCUT2D eigenvalue weighted by atomic mass is 16.3. The molecule has 1 aromatic rings. The Bertz CT molecular complexity index is 390. The zero-order chi connectivity index (χ0) is 13.0. The molecule has 1 unspecified atom stereocenters. The Labute approximate surface area is 111 Å².